The summed E-state index contributed by atoms with van der Waals surface area (Å²) in [6.07, 6.45) is 0. The van der Waals surface area contributed by atoms with E-state index in [1.54, 1.807) is 10.8 Å². The Morgan fingerprint density at radius 2 is 2.00 bits per heavy atom. The number of hydrogen-bond donors (Lipinski definition) is 0. The van der Waals surface area contributed by atoms with Crippen molar-refractivity contribution in [2.45, 2.75) is 23.8 Å². The van der Waals surface area contributed by atoms with Crippen molar-refractivity contribution in [1.29, 1.82) is 0 Å². The second-order valence-electron chi connectivity index (χ2n) is 3.52. The zero-order chi connectivity index (χ0) is 10.4. The van der Waals surface area contributed by atoms with Gasteiger partial charge in [0, 0.05) is 21.0 Å². The topological polar surface area (TPSA) is 12.9 Å². The van der Waals surface area contributed by atoms with Gasteiger partial charge in [0.05, 0.1) is 4.88 Å². The summed E-state index contributed by atoms with van der Waals surface area (Å²) in [4.78, 5) is 8.72. The van der Waals surface area contributed by atoms with Gasteiger partial charge in [-0.15, -0.1) is 11.3 Å². The first-order chi connectivity index (χ1) is 7.24. The standard InChI is InChI=1S/C11H9NS3/c1-6-3-4-8-10-9(5-7(2)13-10)14-15-11(8)12-6/h3-5H,1-2H3. The van der Waals surface area contributed by atoms with Crippen LogP contribution in [-0.2, 0) is 0 Å². The molecule has 1 aliphatic rings. The highest BCUT2D eigenvalue weighted by molar-refractivity contribution is 8.76. The average Bonchev–Trinajstić information content (AvgIpc) is 2.58. The first-order valence-corrected chi connectivity index (χ1v) is 7.63. The number of rotatable bonds is 0. The summed E-state index contributed by atoms with van der Waals surface area (Å²) >= 11 is 1.86. The monoisotopic (exact) mass is 251 g/mol. The molecule has 2 aromatic rings. The van der Waals surface area contributed by atoms with E-state index >= 15 is 0 Å². The highest BCUT2D eigenvalue weighted by Crippen LogP contribution is 2.53. The summed E-state index contributed by atoms with van der Waals surface area (Å²) in [6.45, 7) is 4.20. The Morgan fingerprint density at radius 3 is 2.87 bits per heavy atom. The van der Waals surface area contributed by atoms with Gasteiger partial charge in [-0.25, -0.2) is 4.98 Å². The number of pyridine rings is 1. The van der Waals surface area contributed by atoms with Gasteiger partial charge in [-0.1, -0.05) is 0 Å². The van der Waals surface area contributed by atoms with E-state index in [2.05, 4.69) is 30.1 Å². The third-order valence-electron chi connectivity index (χ3n) is 2.28. The van der Waals surface area contributed by atoms with Crippen LogP contribution in [0.3, 0.4) is 0 Å². The fraction of sp³-hybridized carbons (Fsp3) is 0.182. The molecular weight excluding hydrogens is 242 g/mol. The lowest BCUT2D eigenvalue weighted by molar-refractivity contribution is 1.07. The van der Waals surface area contributed by atoms with Gasteiger partial charge >= 0.3 is 0 Å². The number of thiophene rings is 1. The molecule has 15 heavy (non-hydrogen) atoms. The van der Waals surface area contributed by atoms with Crippen molar-refractivity contribution in [2.24, 2.45) is 0 Å². The van der Waals surface area contributed by atoms with E-state index in [0.717, 1.165) is 10.7 Å². The summed E-state index contributed by atoms with van der Waals surface area (Å²) in [7, 11) is 3.60. The summed E-state index contributed by atoms with van der Waals surface area (Å²) in [5.41, 5.74) is 2.40. The van der Waals surface area contributed by atoms with Crippen LogP contribution in [0.4, 0.5) is 0 Å². The van der Waals surface area contributed by atoms with Gasteiger partial charge in [0.15, 0.2) is 0 Å². The van der Waals surface area contributed by atoms with E-state index in [1.165, 1.54) is 20.2 Å². The lowest BCUT2D eigenvalue weighted by atomic mass is 10.2. The first-order valence-electron chi connectivity index (χ1n) is 4.67. The van der Waals surface area contributed by atoms with Crippen LogP contribution in [0.1, 0.15) is 10.6 Å². The van der Waals surface area contributed by atoms with Crippen LogP contribution in [0.25, 0.3) is 10.4 Å². The molecule has 0 unspecified atom stereocenters. The summed E-state index contributed by atoms with van der Waals surface area (Å²) in [5, 5.41) is 1.16. The first kappa shape index (κ1) is 9.75. The zero-order valence-electron chi connectivity index (χ0n) is 8.40. The fourth-order valence-corrected chi connectivity index (χ4v) is 5.38. The third-order valence-corrected chi connectivity index (χ3v) is 5.80. The molecule has 2 aromatic heterocycles. The highest BCUT2D eigenvalue weighted by Gasteiger charge is 2.20. The molecular formula is C11H9NS3. The molecule has 0 radical (unpaired) electrons. The summed E-state index contributed by atoms with van der Waals surface area (Å²) in [6, 6.07) is 6.55. The molecule has 1 aliphatic heterocycles. The molecule has 3 heterocycles. The van der Waals surface area contributed by atoms with Crippen LogP contribution in [0.5, 0.6) is 0 Å². The molecule has 0 amide bonds. The van der Waals surface area contributed by atoms with Crippen molar-refractivity contribution in [3.63, 3.8) is 0 Å². The van der Waals surface area contributed by atoms with Gasteiger partial charge in [-0.3, -0.25) is 0 Å². The SMILES string of the molecule is Cc1ccc2c(n1)SSc1cc(C)sc1-2. The second kappa shape index (κ2) is 3.54. The highest BCUT2D eigenvalue weighted by atomic mass is 33.1. The molecule has 0 saturated carbocycles. The Kier molecular flexibility index (Phi) is 2.30. The van der Waals surface area contributed by atoms with Crippen molar-refractivity contribution >= 4 is 32.9 Å². The molecule has 4 heteroatoms. The van der Waals surface area contributed by atoms with Crippen LogP contribution in [0.15, 0.2) is 28.1 Å². The van der Waals surface area contributed by atoms with E-state index in [4.69, 9.17) is 0 Å². The van der Waals surface area contributed by atoms with Crippen molar-refractivity contribution in [1.82, 2.24) is 4.98 Å². The fourth-order valence-electron chi connectivity index (χ4n) is 1.59. The van der Waals surface area contributed by atoms with E-state index < -0.39 is 0 Å². The molecule has 1 nitrogen and oxygen atoms in total. The van der Waals surface area contributed by atoms with Crippen molar-refractivity contribution < 1.29 is 0 Å². The van der Waals surface area contributed by atoms with E-state index in [1.807, 2.05) is 29.1 Å². The lowest BCUT2D eigenvalue weighted by Gasteiger charge is -2.13. The molecule has 0 bridgehead atoms. The molecule has 0 saturated heterocycles. The van der Waals surface area contributed by atoms with Crippen molar-refractivity contribution in [3.8, 4) is 10.4 Å². The van der Waals surface area contributed by atoms with E-state index in [9.17, 15) is 0 Å². The van der Waals surface area contributed by atoms with Gasteiger partial charge < -0.3 is 0 Å². The third kappa shape index (κ3) is 1.61. The van der Waals surface area contributed by atoms with Crippen molar-refractivity contribution in [3.05, 3.63) is 28.8 Å². The zero-order valence-corrected chi connectivity index (χ0v) is 10.9. The molecule has 76 valence electrons. The molecule has 0 aliphatic carbocycles. The molecule has 0 aromatic carbocycles. The predicted octanol–water partition coefficient (Wildman–Crippen LogP) is 4.54. The Morgan fingerprint density at radius 1 is 1.13 bits per heavy atom. The van der Waals surface area contributed by atoms with E-state index in [-0.39, 0.29) is 0 Å². The number of nitrogens with zero attached hydrogens (tertiary/aromatic N) is 1. The maximum Gasteiger partial charge on any atom is 0.116 e. The average molecular weight is 251 g/mol. The Balaban J connectivity index is 2.25. The maximum atomic E-state index is 4.57. The molecule has 3 rings (SSSR count). The Labute approximate surface area is 101 Å². The largest absolute Gasteiger partial charge is 0.245 e. The number of aryl methyl sites for hydroxylation is 2. The Bertz CT molecular complexity index is 531. The normalized spacial score (nSPS) is 13.5. The van der Waals surface area contributed by atoms with Crippen LogP contribution in [-0.4, -0.2) is 4.98 Å². The van der Waals surface area contributed by atoms with Crippen LogP contribution >= 0.6 is 32.9 Å². The minimum absolute atomic E-state index is 1.10. The van der Waals surface area contributed by atoms with Crippen LogP contribution in [0, 0.1) is 13.8 Å². The van der Waals surface area contributed by atoms with Gasteiger partial charge in [0.25, 0.3) is 0 Å². The smallest absolute Gasteiger partial charge is 0.116 e. The molecule has 0 fully saturated rings. The van der Waals surface area contributed by atoms with Gasteiger partial charge in [-0.05, 0) is 53.6 Å². The van der Waals surface area contributed by atoms with Gasteiger partial charge in [0.2, 0.25) is 0 Å². The second-order valence-corrected chi connectivity index (χ2v) is 6.94. The minimum Gasteiger partial charge on any atom is -0.245 e. The summed E-state index contributed by atoms with van der Waals surface area (Å²) in [5.74, 6) is 0. The molecule has 0 N–H and O–H groups in total. The van der Waals surface area contributed by atoms with E-state index in [0.29, 0.717) is 0 Å². The predicted molar refractivity (Wildman–Crippen MR) is 68.7 cm³/mol. The maximum absolute atomic E-state index is 4.57. The number of hydrogen-bond acceptors (Lipinski definition) is 4. The van der Waals surface area contributed by atoms with Crippen LogP contribution in [0.2, 0.25) is 0 Å². The number of fused-ring (bicyclic) bond motifs is 3. The Hall–Kier alpha value is -0.450. The quantitative estimate of drug-likeness (QED) is 0.638. The summed E-state index contributed by atoms with van der Waals surface area (Å²) < 4.78 is 0. The van der Waals surface area contributed by atoms with Crippen molar-refractivity contribution in [2.75, 3.05) is 0 Å². The van der Waals surface area contributed by atoms with Crippen LogP contribution < -0.4 is 0 Å². The lowest BCUT2D eigenvalue weighted by Crippen LogP contribution is -1.90. The molecule has 0 spiro atoms. The van der Waals surface area contributed by atoms with Gasteiger partial charge in [-0.2, -0.15) is 0 Å². The minimum atomic E-state index is 1.10. The van der Waals surface area contributed by atoms with Gasteiger partial charge in [0.1, 0.15) is 5.03 Å². The molecule has 0 atom stereocenters. The number of aromatic nitrogens is 1.